The number of nitriles is 1. The second kappa shape index (κ2) is 21.4. The van der Waals surface area contributed by atoms with E-state index in [4.69, 9.17) is 20.8 Å². The number of hydrogen-bond donors (Lipinski definition) is 3. The number of nitrogens with one attached hydrogen (secondary N) is 3. The van der Waals surface area contributed by atoms with Gasteiger partial charge in [-0.2, -0.15) is 5.26 Å². The van der Waals surface area contributed by atoms with Gasteiger partial charge in [-0.25, -0.2) is 0 Å². The second-order valence-corrected chi connectivity index (χ2v) is 15.1. The Kier molecular flexibility index (Phi) is 17.4. The average Bonchev–Trinajstić information content (AvgIpc) is 3.64. The SMILES string of the molecule is C.COC(C)(C)C.Cc1ccc(C(C)NCc2ccc(-c3ccc(Cl)c(C(=O)N[C@@H](CNCC4CCN(C=O)CC4)Cc4ccc(C#N)cc4)c3)o2)cc1. The fraction of sp³-hybridized carbons (Fsp3) is 0.432. The summed E-state index contributed by atoms with van der Waals surface area (Å²) >= 11 is 6.57. The van der Waals surface area contributed by atoms with Gasteiger partial charge in [-0.15, -0.1) is 0 Å². The lowest BCUT2D eigenvalue weighted by Crippen LogP contribution is -2.45. The molecule has 3 N–H and O–H groups in total. The van der Waals surface area contributed by atoms with Gasteiger partial charge < -0.3 is 30.0 Å². The molecule has 3 aromatic carbocycles. The standard InChI is InChI=1S/C38H42ClN5O3.C5H12O.CH4/c1-26-3-9-31(10-4-26)27(2)42-24-34-12-14-37(47-34)32-11-13-36(39)35(20-32)38(46)43-33(19-28-5-7-29(21-40)8-6-28)23-41-22-30-15-17-44(25-45)18-16-30;1-5(2,3)6-4;/h3-14,20,25,27,30,33,41-42H,15-19,22-24H2,1-2H3,(H,43,46);1-4H3;1H4/t27?,33-;;/m1../s1. The van der Waals surface area contributed by atoms with Crippen LogP contribution in [-0.4, -0.2) is 62.1 Å². The first-order valence-electron chi connectivity index (χ1n) is 18.3. The van der Waals surface area contributed by atoms with Crippen molar-refractivity contribution in [2.45, 2.75) is 85.5 Å². The van der Waals surface area contributed by atoms with Crippen LogP contribution in [0.2, 0.25) is 5.02 Å². The van der Waals surface area contributed by atoms with Crippen LogP contribution in [0.1, 0.15) is 92.4 Å². The summed E-state index contributed by atoms with van der Waals surface area (Å²) in [6.07, 6.45) is 3.41. The molecule has 290 valence electrons. The topological polar surface area (TPSA) is 120 Å². The minimum Gasteiger partial charge on any atom is -0.460 e. The molecule has 4 aromatic rings. The Morgan fingerprint density at radius 2 is 1.72 bits per heavy atom. The Labute approximate surface area is 327 Å². The number of ether oxygens (including phenoxy) is 1. The summed E-state index contributed by atoms with van der Waals surface area (Å²) in [4.78, 5) is 26.6. The zero-order chi connectivity index (χ0) is 38.4. The van der Waals surface area contributed by atoms with Crippen molar-refractivity contribution >= 4 is 23.9 Å². The van der Waals surface area contributed by atoms with E-state index in [2.05, 4.69) is 60.1 Å². The molecule has 5 rings (SSSR count). The number of nitrogens with zero attached hydrogens (tertiary/aromatic N) is 2. The number of carbonyl (C=O) groups excluding carboxylic acids is 2. The number of halogens is 1. The number of rotatable bonds is 14. The van der Waals surface area contributed by atoms with E-state index in [1.807, 2.05) is 56.0 Å². The smallest absolute Gasteiger partial charge is 0.253 e. The van der Waals surface area contributed by atoms with Crippen molar-refractivity contribution in [1.82, 2.24) is 20.9 Å². The third-order valence-corrected chi connectivity index (χ3v) is 9.78. The van der Waals surface area contributed by atoms with E-state index in [-0.39, 0.29) is 31.0 Å². The van der Waals surface area contributed by atoms with Crippen LogP contribution in [0.25, 0.3) is 11.3 Å². The minimum atomic E-state index is -0.267. The van der Waals surface area contributed by atoms with Gasteiger partial charge in [0.1, 0.15) is 11.5 Å². The zero-order valence-corrected chi connectivity index (χ0v) is 32.6. The van der Waals surface area contributed by atoms with Crippen molar-refractivity contribution in [2.24, 2.45) is 5.92 Å². The largest absolute Gasteiger partial charge is 0.460 e. The lowest BCUT2D eigenvalue weighted by atomic mass is 9.97. The first-order chi connectivity index (χ1) is 25.4. The molecule has 10 heteroatoms. The van der Waals surface area contributed by atoms with Crippen LogP contribution in [0.15, 0.2) is 83.3 Å². The molecule has 1 aliphatic rings. The summed E-state index contributed by atoms with van der Waals surface area (Å²) in [5, 5.41) is 19.8. The highest BCUT2D eigenvalue weighted by Crippen LogP contribution is 2.28. The maximum Gasteiger partial charge on any atom is 0.253 e. The van der Waals surface area contributed by atoms with Crippen molar-refractivity contribution in [3.63, 3.8) is 0 Å². The number of piperidine rings is 1. The van der Waals surface area contributed by atoms with Crippen LogP contribution in [0.5, 0.6) is 0 Å². The number of likely N-dealkylation sites (tertiary alicyclic amines) is 1. The van der Waals surface area contributed by atoms with Gasteiger partial charge in [0.25, 0.3) is 5.91 Å². The van der Waals surface area contributed by atoms with Gasteiger partial charge in [-0.05, 0) is 120 Å². The maximum atomic E-state index is 13.7. The summed E-state index contributed by atoms with van der Waals surface area (Å²) in [5.41, 5.74) is 5.23. The first kappa shape index (κ1) is 43.9. The first-order valence-corrected chi connectivity index (χ1v) is 18.7. The summed E-state index contributed by atoms with van der Waals surface area (Å²) < 4.78 is 11.1. The summed E-state index contributed by atoms with van der Waals surface area (Å²) in [5.74, 6) is 1.66. The number of amides is 2. The molecule has 9 nitrogen and oxygen atoms in total. The third kappa shape index (κ3) is 14.1. The number of methoxy groups -OCH3 is 1. The van der Waals surface area contributed by atoms with Crippen LogP contribution >= 0.6 is 11.6 Å². The van der Waals surface area contributed by atoms with Crippen molar-refractivity contribution in [3.8, 4) is 17.4 Å². The van der Waals surface area contributed by atoms with Gasteiger partial charge in [-0.3, -0.25) is 9.59 Å². The number of carbonyl (C=O) groups is 2. The quantitative estimate of drug-likeness (QED) is 0.111. The van der Waals surface area contributed by atoms with Crippen molar-refractivity contribution in [3.05, 3.63) is 117 Å². The zero-order valence-electron chi connectivity index (χ0n) is 31.9. The summed E-state index contributed by atoms with van der Waals surface area (Å²) in [6.45, 7) is 13.8. The Hall–Kier alpha value is -4.46. The summed E-state index contributed by atoms with van der Waals surface area (Å²) in [6, 6.07) is 27.2. The van der Waals surface area contributed by atoms with Gasteiger partial charge in [0.2, 0.25) is 6.41 Å². The molecule has 1 aromatic heterocycles. The number of benzene rings is 3. The molecule has 1 aliphatic heterocycles. The van der Waals surface area contributed by atoms with Crippen LogP contribution < -0.4 is 16.0 Å². The maximum absolute atomic E-state index is 13.7. The highest BCUT2D eigenvalue weighted by atomic mass is 35.5. The molecule has 0 bridgehead atoms. The molecule has 1 unspecified atom stereocenters. The van der Waals surface area contributed by atoms with Crippen molar-refractivity contribution in [2.75, 3.05) is 33.3 Å². The molecule has 1 saturated heterocycles. The molecular weight excluding hydrogens is 698 g/mol. The van der Waals surface area contributed by atoms with E-state index in [9.17, 15) is 14.9 Å². The monoisotopic (exact) mass is 755 g/mol. The number of aryl methyl sites for hydroxylation is 1. The predicted octanol–water partition coefficient (Wildman–Crippen LogP) is 8.50. The van der Waals surface area contributed by atoms with Crippen LogP contribution in [-0.2, 0) is 22.5 Å². The van der Waals surface area contributed by atoms with E-state index in [0.717, 1.165) is 55.8 Å². The van der Waals surface area contributed by atoms with E-state index in [1.165, 1.54) is 11.1 Å². The van der Waals surface area contributed by atoms with E-state index in [1.54, 1.807) is 31.4 Å². The molecule has 2 amide bonds. The Morgan fingerprint density at radius 3 is 2.33 bits per heavy atom. The molecule has 0 saturated carbocycles. The molecule has 1 fully saturated rings. The Balaban J connectivity index is 0.00000103. The molecule has 54 heavy (non-hydrogen) atoms. The van der Waals surface area contributed by atoms with Crippen molar-refractivity contribution in [1.29, 1.82) is 5.26 Å². The van der Waals surface area contributed by atoms with E-state index in [0.29, 0.717) is 47.3 Å². The predicted molar refractivity (Wildman–Crippen MR) is 218 cm³/mol. The highest BCUT2D eigenvalue weighted by Gasteiger charge is 2.21. The summed E-state index contributed by atoms with van der Waals surface area (Å²) in [7, 11) is 1.71. The van der Waals surface area contributed by atoms with Gasteiger partial charge in [0, 0.05) is 44.4 Å². The van der Waals surface area contributed by atoms with E-state index >= 15 is 0 Å². The molecule has 0 radical (unpaired) electrons. The highest BCUT2D eigenvalue weighted by molar-refractivity contribution is 6.34. The lowest BCUT2D eigenvalue weighted by molar-refractivity contribution is -0.119. The lowest BCUT2D eigenvalue weighted by Gasteiger charge is -2.30. The van der Waals surface area contributed by atoms with Gasteiger partial charge in [-0.1, -0.05) is 61.0 Å². The number of furan rings is 1. The van der Waals surface area contributed by atoms with Crippen LogP contribution in [0, 0.1) is 24.2 Å². The fourth-order valence-corrected chi connectivity index (χ4v) is 6.07. The van der Waals surface area contributed by atoms with Gasteiger partial charge in [0.15, 0.2) is 0 Å². The molecule has 2 atom stereocenters. The van der Waals surface area contributed by atoms with E-state index < -0.39 is 0 Å². The van der Waals surface area contributed by atoms with Crippen LogP contribution in [0.4, 0.5) is 0 Å². The molecule has 0 spiro atoms. The normalized spacial score (nSPS) is 14.1. The van der Waals surface area contributed by atoms with Crippen LogP contribution in [0.3, 0.4) is 0 Å². The minimum absolute atomic E-state index is 0. The third-order valence-electron chi connectivity index (χ3n) is 9.45. The van der Waals surface area contributed by atoms with Gasteiger partial charge in [0.05, 0.1) is 34.4 Å². The molecule has 2 heterocycles. The van der Waals surface area contributed by atoms with Gasteiger partial charge >= 0.3 is 0 Å². The average molecular weight is 756 g/mol. The molecular formula is C44H58ClN5O4. The fourth-order valence-electron chi connectivity index (χ4n) is 5.87. The number of hydrogen-bond acceptors (Lipinski definition) is 7. The second-order valence-electron chi connectivity index (χ2n) is 14.7. The Bertz CT molecular complexity index is 1790. The van der Waals surface area contributed by atoms with Crippen molar-refractivity contribution < 1.29 is 18.7 Å². The molecule has 0 aliphatic carbocycles. The Morgan fingerprint density at radius 1 is 1.06 bits per heavy atom.